The normalized spacial score (nSPS) is 9.47. The Hall–Kier alpha value is -1.59. The molecule has 0 heterocycles. The number of aliphatic carboxylic acids is 1. The summed E-state index contributed by atoms with van der Waals surface area (Å²) in [5.74, 6) is -2.54. The number of carboxylic acids is 1. The molecule has 0 aromatic heterocycles. The molecule has 0 saturated carbocycles. The number of nitrogens with zero attached hydrogens (tertiary/aromatic N) is 1. The Kier molecular flexibility index (Phi) is 6.08. The Morgan fingerprint density at radius 1 is 1.27 bits per heavy atom. The van der Waals surface area contributed by atoms with Crippen molar-refractivity contribution in [1.82, 2.24) is 5.06 Å². The zero-order chi connectivity index (χ0) is 11.8. The van der Waals surface area contributed by atoms with E-state index < -0.39 is 18.4 Å². The van der Waals surface area contributed by atoms with E-state index in [0.717, 1.165) is 5.06 Å². The number of amides is 1. The van der Waals surface area contributed by atoms with Gasteiger partial charge in [0.2, 0.25) is 0 Å². The van der Waals surface area contributed by atoms with Crippen molar-refractivity contribution < 1.29 is 24.3 Å². The first-order chi connectivity index (χ1) is 7.01. The summed E-state index contributed by atoms with van der Waals surface area (Å²) in [7, 11) is 0. The van der Waals surface area contributed by atoms with Crippen LogP contribution in [0, 0.1) is 0 Å². The molecule has 1 N–H and O–H groups in total. The van der Waals surface area contributed by atoms with Crippen LogP contribution in [0.3, 0.4) is 0 Å². The van der Waals surface area contributed by atoms with Gasteiger partial charge in [-0.05, 0) is 13.3 Å². The summed E-state index contributed by atoms with van der Waals surface area (Å²) in [4.78, 5) is 37.0. The predicted octanol–water partition coefficient (Wildman–Crippen LogP) is 0.568. The third kappa shape index (κ3) is 5.66. The monoisotopic (exact) mass is 217 g/mol. The maximum Gasteiger partial charge on any atom is 0.343 e. The molecule has 0 fully saturated rings. The van der Waals surface area contributed by atoms with E-state index >= 15 is 0 Å². The van der Waals surface area contributed by atoms with Gasteiger partial charge in [-0.1, -0.05) is 6.92 Å². The van der Waals surface area contributed by atoms with E-state index in [2.05, 4.69) is 4.84 Å². The molecule has 0 aromatic rings. The van der Waals surface area contributed by atoms with Gasteiger partial charge in [-0.2, -0.15) is 5.06 Å². The second-order valence-corrected chi connectivity index (χ2v) is 2.87. The van der Waals surface area contributed by atoms with Gasteiger partial charge in [0.05, 0.1) is 6.54 Å². The van der Waals surface area contributed by atoms with E-state index in [1.54, 1.807) is 6.92 Å². The van der Waals surface area contributed by atoms with Gasteiger partial charge in [-0.3, -0.25) is 9.59 Å². The van der Waals surface area contributed by atoms with Gasteiger partial charge in [0.1, 0.15) is 6.42 Å². The summed E-state index contributed by atoms with van der Waals surface area (Å²) in [6.07, 6.45) is 0.176. The number of carbonyl (C=O) groups is 3. The summed E-state index contributed by atoms with van der Waals surface area (Å²) in [6, 6.07) is 0. The lowest BCUT2D eigenvalue weighted by atomic mass is 10.3. The average molecular weight is 217 g/mol. The maximum atomic E-state index is 11.3. The molecule has 1 amide bonds. The molecule has 0 aliphatic rings. The molecule has 0 bridgehead atoms. The van der Waals surface area contributed by atoms with Crippen molar-refractivity contribution in [2.75, 3.05) is 6.54 Å². The van der Waals surface area contributed by atoms with Crippen molar-refractivity contribution in [2.24, 2.45) is 0 Å². The van der Waals surface area contributed by atoms with Crippen molar-refractivity contribution >= 4 is 17.8 Å². The van der Waals surface area contributed by atoms with Crippen molar-refractivity contribution in [3.8, 4) is 0 Å². The number of rotatable bonds is 5. The Morgan fingerprint density at radius 3 is 2.27 bits per heavy atom. The lowest BCUT2D eigenvalue weighted by Gasteiger charge is -2.18. The summed E-state index contributed by atoms with van der Waals surface area (Å²) < 4.78 is 0. The highest BCUT2D eigenvalue weighted by molar-refractivity contribution is 5.90. The summed E-state index contributed by atoms with van der Waals surface area (Å²) in [5, 5.41) is 9.19. The van der Waals surface area contributed by atoms with Crippen molar-refractivity contribution in [3.05, 3.63) is 0 Å². The summed E-state index contributed by atoms with van der Waals surface area (Å²) >= 11 is 0. The molecule has 6 heteroatoms. The van der Waals surface area contributed by atoms with Crippen LogP contribution in [0.1, 0.15) is 33.1 Å². The van der Waals surface area contributed by atoms with Crippen LogP contribution in [0.15, 0.2) is 0 Å². The van der Waals surface area contributed by atoms with Crippen molar-refractivity contribution in [1.29, 1.82) is 0 Å². The quantitative estimate of drug-likeness (QED) is 0.537. The van der Waals surface area contributed by atoms with Crippen molar-refractivity contribution in [3.63, 3.8) is 0 Å². The largest absolute Gasteiger partial charge is 0.481 e. The molecule has 0 radical (unpaired) electrons. The third-order valence-electron chi connectivity index (χ3n) is 1.54. The van der Waals surface area contributed by atoms with Gasteiger partial charge < -0.3 is 9.94 Å². The second kappa shape index (κ2) is 6.80. The first-order valence-electron chi connectivity index (χ1n) is 4.74. The minimum Gasteiger partial charge on any atom is -0.481 e. The fraction of sp³-hybridized carbons (Fsp3) is 0.667. The topological polar surface area (TPSA) is 83.9 Å². The van der Waals surface area contributed by atoms with E-state index in [0.29, 0.717) is 6.42 Å². The molecule has 0 rings (SSSR count). The van der Waals surface area contributed by atoms with Gasteiger partial charge in [-0.25, -0.2) is 4.79 Å². The SMILES string of the molecule is CCCC(=O)N(CC)OC(=O)CC(=O)O. The molecule has 6 nitrogen and oxygen atoms in total. The Labute approximate surface area is 87.8 Å². The highest BCUT2D eigenvalue weighted by Crippen LogP contribution is 2.00. The molecule has 0 aliphatic carbocycles. The van der Waals surface area contributed by atoms with Gasteiger partial charge in [-0.15, -0.1) is 0 Å². The number of hydrogen-bond acceptors (Lipinski definition) is 4. The maximum absolute atomic E-state index is 11.3. The highest BCUT2D eigenvalue weighted by atomic mass is 16.7. The van der Waals surface area contributed by atoms with E-state index in [4.69, 9.17) is 5.11 Å². The first kappa shape index (κ1) is 13.4. The molecule has 0 unspecified atom stereocenters. The van der Waals surface area contributed by atoms with Crippen LogP contribution in [0.4, 0.5) is 0 Å². The third-order valence-corrected chi connectivity index (χ3v) is 1.54. The fourth-order valence-corrected chi connectivity index (χ4v) is 0.909. The number of hydroxylamine groups is 2. The fourth-order valence-electron chi connectivity index (χ4n) is 0.909. The second-order valence-electron chi connectivity index (χ2n) is 2.87. The smallest absolute Gasteiger partial charge is 0.343 e. The molecule has 0 atom stereocenters. The molecule has 0 saturated heterocycles. The Bertz CT molecular complexity index is 251. The van der Waals surface area contributed by atoms with E-state index in [1.807, 2.05) is 6.92 Å². The zero-order valence-electron chi connectivity index (χ0n) is 8.86. The van der Waals surface area contributed by atoms with E-state index in [9.17, 15) is 14.4 Å². The highest BCUT2D eigenvalue weighted by Gasteiger charge is 2.17. The summed E-state index contributed by atoms with van der Waals surface area (Å²) in [6.45, 7) is 3.68. The molecule has 15 heavy (non-hydrogen) atoms. The van der Waals surface area contributed by atoms with Gasteiger partial charge in [0.15, 0.2) is 0 Å². The minimum atomic E-state index is -1.28. The Balaban J connectivity index is 4.14. The van der Waals surface area contributed by atoms with Crippen LogP contribution in [0.25, 0.3) is 0 Å². The minimum absolute atomic E-state index is 0.212. The average Bonchev–Trinajstić information content (AvgIpc) is 2.13. The number of carbonyl (C=O) groups excluding carboxylic acids is 2. The lowest BCUT2D eigenvalue weighted by Crippen LogP contribution is -2.33. The van der Waals surface area contributed by atoms with Crippen LogP contribution >= 0.6 is 0 Å². The van der Waals surface area contributed by atoms with Crippen LogP contribution in [-0.2, 0) is 19.2 Å². The van der Waals surface area contributed by atoms with Gasteiger partial charge in [0.25, 0.3) is 5.91 Å². The molecule has 0 aliphatic heterocycles. The number of carboxylic acid groups (broad SMARTS) is 1. The first-order valence-corrected chi connectivity index (χ1v) is 4.74. The number of hydrogen-bond donors (Lipinski definition) is 1. The van der Waals surface area contributed by atoms with E-state index in [1.165, 1.54) is 0 Å². The standard InChI is InChI=1S/C9H15NO5/c1-3-5-7(11)10(4-2)15-9(14)6-8(12)13/h3-6H2,1-2H3,(H,12,13). The predicted molar refractivity (Wildman–Crippen MR) is 50.6 cm³/mol. The van der Waals surface area contributed by atoms with Crippen molar-refractivity contribution in [2.45, 2.75) is 33.1 Å². The lowest BCUT2D eigenvalue weighted by molar-refractivity contribution is -0.198. The molecule has 86 valence electrons. The van der Waals surface area contributed by atoms with Crippen LogP contribution in [-0.4, -0.2) is 34.6 Å². The van der Waals surface area contributed by atoms with Crippen LogP contribution < -0.4 is 0 Å². The zero-order valence-corrected chi connectivity index (χ0v) is 8.86. The Morgan fingerprint density at radius 2 is 1.87 bits per heavy atom. The molecular weight excluding hydrogens is 202 g/mol. The van der Waals surface area contributed by atoms with Crippen LogP contribution in [0.5, 0.6) is 0 Å². The van der Waals surface area contributed by atoms with Crippen LogP contribution in [0.2, 0.25) is 0 Å². The summed E-state index contributed by atoms with van der Waals surface area (Å²) in [5.41, 5.74) is 0. The molecule has 0 spiro atoms. The van der Waals surface area contributed by atoms with Gasteiger partial charge >= 0.3 is 11.9 Å². The van der Waals surface area contributed by atoms with E-state index in [-0.39, 0.29) is 18.9 Å². The molecular formula is C9H15NO5. The molecule has 0 aromatic carbocycles. The van der Waals surface area contributed by atoms with Gasteiger partial charge in [0, 0.05) is 6.42 Å².